The Balaban J connectivity index is -0.000000422. The van der Waals surface area contributed by atoms with Gasteiger partial charge in [0.25, 0.3) is 0 Å². The van der Waals surface area contributed by atoms with Crippen LogP contribution in [0.3, 0.4) is 0 Å². The third-order valence-electron chi connectivity index (χ3n) is 3.30. The van der Waals surface area contributed by atoms with Crippen LogP contribution in [-0.2, 0) is 33.0 Å². The molecule has 2 aromatic rings. The molecule has 0 bridgehead atoms. The molecule has 0 fully saturated rings. The number of rotatable bonds is 6. The molecule has 0 spiro atoms. The number of carbonyl (C=O) groups is 2. The number of methoxy groups -OCH3 is 2. The van der Waals surface area contributed by atoms with Crippen molar-refractivity contribution in [1.29, 1.82) is 0 Å². The molecular weight excluding hydrogens is 713 g/mol. The summed E-state index contributed by atoms with van der Waals surface area (Å²) in [6.07, 6.45) is 0. The number of aromatic carboxylic acids is 2. The van der Waals surface area contributed by atoms with Crippen molar-refractivity contribution in [3.63, 3.8) is 0 Å². The summed E-state index contributed by atoms with van der Waals surface area (Å²) in [5.74, 6) is -1.77. The van der Waals surface area contributed by atoms with Gasteiger partial charge in [-0.15, -0.1) is 0 Å². The van der Waals surface area contributed by atoms with Crippen molar-refractivity contribution in [2.24, 2.45) is 0 Å². The van der Waals surface area contributed by atoms with Gasteiger partial charge in [-0.3, -0.25) is 0 Å². The number of hydrogen-bond donors (Lipinski definition) is 0. The number of carbonyl (C=O) groups excluding carboxylic acids is 2. The molecule has 0 aliphatic carbocycles. The van der Waals surface area contributed by atoms with Crippen LogP contribution in [0.25, 0.3) is 0 Å². The topological polar surface area (TPSA) is 98.7 Å². The van der Waals surface area contributed by atoms with E-state index in [-0.39, 0.29) is 92.6 Å². The van der Waals surface area contributed by atoms with Crippen LogP contribution in [-0.4, -0.2) is 58.2 Å². The zero-order valence-corrected chi connectivity index (χ0v) is 26.0. The van der Waals surface area contributed by atoms with Crippen LogP contribution in [0.15, 0.2) is 36.4 Å². The average Bonchev–Trinajstić information content (AvgIpc) is 2.67. The summed E-state index contributed by atoms with van der Waals surface area (Å²) < 4.78 is 9.75. The van der Waals surface area contributed by atoms with Gasteiger partial charge in [-0.1, -0.05) is 0 Å². The molecule has 0 atom stereocenters. The van der Waals surface area contributed by atoms with Crippen molar-refractivity contribution in [3.05, 3.63) is 58.7 Å². The average molecular weight is 729 g/mol. The Kier molecular flexibility index (Phi) is 21.7. The molecule has 2 rings (SSSR count). The molecule has 0 amide bonds. The molecule has 6 nitrogen and oxygen atoms in total. The van der Waals surface area contributed by atoms with Gasteiger partial charge in [0.15, 0.2) is 0 Å². The fourth-order valence-corrected chi connectivity index (χ4v) is 2.76. The number of ether oxygens (including phenoxy) is 2. The van der Waals surface area contributed by atoms with Gasteiger partial charge in [0.2, 0.25) is 0 Å². The molecule has 0 N–H and O–H groups in total. The quantitative estimate of drug-likeness (QED) is 0.275. The molecule has 11 heteroatoms. The van der Waals surface area contributed by atoms with Crippen molar-refractivity contribution in [2.45, 2.75) is 10.6 Å². The van der Waals surface area contributed by atoms with Gasteiger partial charge in [0.05, 0.1) is 0 Å². The van der Waals surface area contributed by atoms with E-state index in [0.717, 1.165) is 11.1 Å². The molecule has 3 radical (unpaired) electrons. The van der Waals surface area contributed by atoms with Crippen LogP contribution >= 0.6 is 0 Å². The van der Waals surface area contributed by atoms with Gasteiger partial charge in [-0.2, -0.15) is 0 Å². The Morgan fingerprint density at radius 1 is 0.793 bits per heavy atom. The Morgan fingerprint density at radius 2 is 1.10 bits per heavy atom. The molecule has 0 saturated carbocycles. The second-order valence-electron chi connectivity index (χ2n) is 4.93. The monoisotopic (exact) mass is 731 g/mol. The number of benzene rings is 2. The number of carboxylic acids is 2. The molecule has 0 saturated heterocycles. The van der Waals surface area contributed by atoms with E-state index < -0.39 is 11.9 Å². The van der Waals surface area contributed by atoms with E-state index >= 15 is 0 Å². The van der Waals surface area contributed by atoms with Gasteiger partial charge in [0, 0.05) is 22.4 Å². The standard InChI is InChI=1S/2C9H9O3Se.Au.2Na/c2*1-12-8-3-2-6(5-13)4-7(8)9(10)11;;;/h2*2-4H,5H2,1H3,(H,10,11);;;/q;;;2*+1/p-2. The Bertz CT molecular complexity index is 727. The van der Waals surface area contributed by atoms with E-state index in [9.17, 15) is 19.8 Å². The van der Waals surface area contributed by atoms with E-state index in [1.165, 1.54) is 14.2 Å². The predicted octanol–water partition coefficient (Wildman–Crippen LogP) is -6.54. The van der Waals surface area contributed by atoms with Gasteiger partial charge in [0.1, 0.15) is 0 Å². The van der Waals surface area contributed by atoms with E-state index in [0.29, 0.717) is 22.1 Å². The SMILES string of the molecule is COc1ccc(C[Se])cc1C(=O)[O-].COc1ccc(C[Se])cc1C(=O)[O-].[Au].[Na+].[Na+]. The van der Waals surface area contributed by atoms with Gasteiger partial charge >= 0.3 is 227 Å². The maximum absolute atomic E-state index is 10.6. The summed E-state index contributed by atoms with van der Waals surface area (Å²) >= 11 is 5.62. The molecule has 0 aliphatic rings. The van der Waals surface area contributed by atoms with E-state index in [4.69, 9.17) is 9.47 Å². The summed E-state index contributed by atoms with van der Waals surface area (Å²) in [4.78, 5) is 21.3. The van der Waals surface area contributed by atoms with Crippen molar-refractivity contribution >= 4 is 44.0 Å². The zero-order chi connectivity index (χ0) is 19.7. The largest absolute Gasteiger partial charge is 1.00 e. The minimum Gasteiger partial charge on any atom is 0 e. The summed E-state index contributed by atoms with van der Waals surface area (Å²) in [5, 5.41) is 22.6. The van der Waals surface area contributed by atoms with Crippen LogP contribution in [0, 0.1) is 0 Å². The Hall–Kier alpha value is 0.759. The maximum atomic E-state index is 10.6. The van der Waals surface area contributed by atoms with Crippen LogP contribution in [0.4, 0.5) is 0 Å². The van der Waals surface area contributed by atoms with Crippen LogP contribution < -0.4 is 78.8 Å². The molecular formula is C18H16AuNa2O6Se2. The van der Waals surface area contributed by atoms with Crippen molar-refractivity contribution in [1.82, 2.24) is 0 Å². The first kappa shape index (κ1) is 34.4. The van der Waals surface area contributed by atoms with Gasteiger partial charge in [-0.25, -0.2) is 0 Å². The normalized spacial score (nSPS) is 8.69. The van der Waals surface area contributed by atoms with E-state index in [1.807, 2.05) is 12.1 Å². The molecule has 0 unspecified atom stereocenters. The van der Waals surface area contributed by atoms with Gasteiger partial charge in [-0.05, 0) is 0 Å². The molecule has 0 heterocycles. The van der Waals surface area contributed by atoms with Gasteiger partial charge < -0.3 is 0 Å². The number of carboxylic acid groups (broad SMARTS) is 2. The summed E-state index contributed by atoms with van der Waals surface area (Å²) in [5.41, 5.74) is 1.99. The second kappa shape index (κ2) is 18.3. The third-order valence-corrected chi connectivity index (χ3v) is 4.70. The smallest absolute Gasteiger partial charge is 0 e. The Labute approximate surface area is 246 Å². The van der Waals surface area contributed by atoms with E-state index in [2.05, 4.69) is 32.0 Å². The van der Waals surface area contributed by atoms with E-state index in [1.54, 1.807) is 24.3 Å². The first-order valence-corrected chi connectivity index (χ1v) is 9.72. The molecule has 29 heavy (non-hydrogen) atoms. The minimum atomic E-state index is -1.22. The summed E-state index contributed by atoms with van der Waals surface area (Å²) in [7, 11) is 2.86. The van der Waals surface area contributed by atoms with Crippen molar-refractivity contribution < 1.29 is 111 Å². The molecule has 149 valence electrons. The predicted molar refractivity (Wildman–Crippen MR) is 93.6 cm³/mol. The van der Waals surface area contributed by atoms with Crippen LogP contribution in [0.1, 0.15) is 31.8 Å². The first-order valence-electron chi connectivity index (χ1n) is 7.30. The first-order chi connectivity index (χ1) is 12.4. The summed E-state index contributed by atoms with van der Waals surface area (Å²) in [6, 6.07) is 9.95. The fourth-order valence-electron chi connectivity index (χ4n) is 2.01. The molecule has 0 aromatic heterocycles. The van der Waals surface area contributed by atoms with Crippen LogP contribution in [0.5, 0.6) is 11.5 Å². The van der Waals surface area contributed by atoms with Crippen LogP contribution in [0.2, 0.25) is 0 Å². The fraction of sp³-hybridized carbons (Fsp3) is 0.222. The number of hydrogen-bond acceptors (Lipinski definition) is 6. The van der Waals surface area contributed by atoms with Crippen molar-refractivity contribution in [3.8, 4) is 11.5 Å². The maximum Gasteiger partial charge on any atom is 1.00 e. The van der Waals surface area contributed by atoms with Crippen molar-refractivity contribution in [2.75, 3.05) is 14.2 Å². The second-order valence-corrected chi connectivity index (χ2v) is 6.14. The zero-order valence-electron chi connectivity index (χ0n) is 16.4. The third kappa shape index (κ3) is 11.3. The Morgan fingerprint density at radius 3 is 1.31 bits per heavy atom. The summed E-state index contributed by atoms with van der Waals surface area (Å²) in [6.45, 7) is 0. The minimum absolute atomic E-state index is 0. The molecule has 0 aliphatic heterocycles. The molecule has 2 aromatic carbocycles.